The maximum Gasteiger partial charge on any atom is 0.280 e. The van der Waals surface area contributed by atoms with E-state index >= 15 is 0 Å². The number of hydrogen-bond acceptors (Lipinski definition) is 6. The Bertz CT molecular complexity index is 1370. The number of halogens is 1. The van der Waals surface area contributed by atoms with Gasteiger partial charge in [-0.25, -0.2) is 9.97 Å². The molecule has 0 N–H and O–H groups in total. The van der Waals surface area contributed by atoms with E-state index in [1.54, 1.807) is 17.2 Å². The average molecular weight is 432 g/mol. The highest BCUT2D eigenvalue weighted by atomic mass is 35.5. The third-order valence-corrected chi connectivity index (χ3v) is 5.90. The molecule has 0 atom stereocenters. The molecular weight excluding hydrogens is 418 g/mol. The van der Waals surface area contributed by atoms with Gasteiger partial charge in [-0.1, -0.05) is 47.2 Å². The molecular formula is C22H14ClN5OS. The molecule has 5 aromatic rings. The highest BCUT2D eigenvalue weighted by molar-refractivity contribution is 7.22. The van der Waals surface area contributed by atoms with Crippen LogP contribution >= 0.6 is 22.9 Å². The van der Waals surface area contributed by atoms with Crippen LogP contribution < -0.4 is 4.90 Å². The number of hydrogen-bond donors (Lipinski definition) is 0. The largest absolute Gasteiger partial charge is 0.280 e. The first-order valence-corrected chi connectivity index (χ1v) is 10.4. The van der Waals surface area contributed by atoms with E-state index in [0.29, 0.717) is 21.2 Å². The summed E-state index contributed by atoms with van der Waals surface area (Å²) in [4.78, 5) is 32.9. The molecule has 0 unspecified atom stereocenters. The van der Waals surface area contributed by atoms with Gasteiger partial charge in [0.25, 0.3) is 5.91 Å². The number of rotatable bonds is 4. The zero-order valence-corrected chi connectivity index (χ0v) is 17.1. The Kier molecular flexibility index (Phi) is 4.82. The predicted molar refractivity (Wildman–Crippen MR) is 119 cm³/mol. The number of carbonyl (C=O) groups excluding carboxylic acids is 1. The van der Waals surface area contributed by atoms with E-state index < -0.39 is 0 Å². The number of fused-ring (bicyclic) bond motifs is 2. The summed E-state index contributed by atoms with van der Waals surface area (Å²) in [5.74, 6) is -0.297. The van der Waals surface area contributed by atoms with E-state index in [4.69, 9.17) is 11.6 Å². The molecule has 0 spiro atoms. The topological polar surface area (TPSA) is 71.9 Å². The lowest BCUT2D eigenvalue weighted by Gasteiger charge is -2.19. The second kappa shape index (κ2) is 7.78. The van der Waals surface area contributed by atoms with Crippen molar-refractivity contribution in [3.63, 3.8) is 0 Å². The lowest BCUT2D eigenvalue weighted by Crippen LogP contribution is -2.31. The fourth-order valence-electron chi connectivity index (χ4n) is 3.10. The molecule has 0 saturated heterocycles. The van der Waals surface area contributed by atoms with E-state index in [9.17, 15) is 4.79 Å². The predicted octanol–water partition coefficient (Wildman–Crippen LogP) is 5.13. The van der Waals surface area contributed by atoms with Crippen LogP contribution in [-0.4, -0.2) is 25.8 Å². The molecule has 3 aromatic heterocycles. The number of para-hydroxylation sites is 3. The first-order valence-electron chi connectivity index (χ1n) is 9.18. The van der Waals surface area contributed by atoms with Crippen LogP contribution in [0, 0.1) is 0 Å². The van der Waals surface area contributed by atoms with Crippen molar-refractivity contribution in [1.29, 1.82) is 0 Å². The molecule has 0 bridgehead atoms. The number of amides is 1. The van der Waals surface area contributed by atoms with Crippen LogP contribution in [-0.2, 0) is 6.54 Å². The van der Waals surface area contributed by atoms with Crippen molar-refractivity contribution in [1.82, 2.24) is 19.9 Å². The Morgan fingerprint density at radius 3 is 2.57 bits per heavy atom. The zero-order chi connectivity index (χ0) is 20.5. The van der Waals surface area contributed by atoms with Gasteiger partial charge in [0, 0.05) is 6.20 Å². The lowest BCUT2D eigenvalue weighted by atomic mass is 10.2. The normalized spacial score (nSPS) is 11.1. The van der Waals surface area contributed by atoms with Crippen LogP contribution in [0.15, 0.2) is 73.1 Å². The van der Waals surface area contributed by atoms with Crippen LogP contribution in [0.25, 0.3) is 21.3 Å². The van der Waals surface area contributed by atoms with Crippen LogP contribution in [0.3, 0.4) is 0 Å². The van der Waals surface area contributed by atoms with E-state index in [-0.39, 0.29) is 18.1 Å². The molecule has 146 valence electrons. The van der Waals surface area contributed by atoms with Crippen molar-refractivity contribution in [3.05, 3.63) is 89.5 Å². The van der Waals surface area contributed by atoms with Crippen molar-refractivity contribution in [2.24, 2.45) is 0 Å². The van der Waals surface area contributed by atoms with Gasteiger partial charge in [-0.15, -0.1) is 0 Å². The van der Waals surface area contributed by atoms with Gasteiger partial charge in [0.05, 0.1) is 39.2 Å². The number of thiazole rings is 1. The summed E-state index contributed by atoms with van der Waals surface area (Å²) in [5, 5.41) is 1.08. The van der Waals surface area contributed by atoms with Gasteiger partial charge in [0.15, 0.2) is 5.13 Å². The SMILES string of the molecule is O=C(c1cnc2ccccc2n1)N(Cc1ccccn1)c1nc2c(Cl)cccc2s1. The molecule has 5 rings (SSSR count). The van der Waals surface area contributed by atoms with Gasteiger partial charge >= 0.3 is 0 Å². The molecule has 0 aliphatic carbocycles. The third kappa shape index (κ3) is 3.49. The highest BCUT2D eigenvalue weighted by Crippen LogP contribution is 2.34. The molecule has 30 heavy (non-hydrogen) atoms. The van der Waals surface area contributed by atoms with E-state index in [1.807, 2.05) is 54.6 Å². The smallest absolute Gasteiger partial charge is 0.276 e. The van der Waals surface area contributed by atoms with Crippen molar-refractivity contribution >= 4 is 55.2 Å². The van der Waals surface area contributed by atoms with E-state index in [2.05, 4.69) is 19.9 Å². The van der Waals surface area contributed by atoms with E-state index in [1.165, 1.54) is 17.5 Å². The molecule has 0 aliphatic heterocycles. The summed E-state index contributed by atoms with van der Waals surface area (Å²) in [6.45, 7) is 0.256. The Labute approximate surface area is 180 Å². The number of nitrogens with zero attached hydrogens (tertiary/aromatic N) is 5. The number of anilines is 1. The van der Waals surface area contributed by atoms with Crippen LogP contribution in [0.1, 0.15) is 16.2 Å². The van der Waals surface area contributed by atoms with Crippen molar-refractivity contribution < 1.29 is 4.79 Å². The first kappa shape index (κ1) is 18.6. The summed E-state index contributed by atoms with van der Waals surface area (Å²) in [7, 11) is 0. The van der Waals surface area contributed by atoms with Crippen LogP contribution in [0.5, 0.6) is 0 Å². The molecule has 1 amide bonds. The van der Waals surface area contributed by atoms with Gasteiger partial charge in [0.1, 0.15) is 11.2 Å². The molecule has 3 heterocycles. The summed E-state index contributed by atoms with van der Waals surface area (Å²) >= 11 is 7.70. The second-order valence-corrected chi connectivity index (χ2v) is 7.96. The fourth-order valence-corrected chi connectivity index (χ4v) is 4.36. The minimum absolute atomic E-state index is 0.245. The van der Waals surface area contributed by atoms with Gasteiger partial charge in [-0.3, -0.25) is 19.7 Å². The molecule has 2 aromatic carbocycles. The number of benzene rings is 2. The standard InChI is InChI=1S/C22H14ClN5OS/c23-15-7-5-10-19-20(15)27-22(30-19)28(13-14-6-3-4-11-24-14)21(29)18-12-25-16-8-1-2-9-17(16)26-18/h1-12H,13H2. The molecule has 0 fully saturated rings. The quantitative estimate of drug-likeness (QED) is 0.394. The number of carbonyl (C=O) groups is 1. The van der Waals surface area contributed by atoms with Crippen LogP contribution in [0.4, 0.5) is 5.13 Å². The Hall–Kier alpha value is -3.42. The third-order valence-electron chi connectivity index (χ3n) is 4.55. The van der Waals surface area contributed by atoms with Crippen molar-refractivity contribution in [2.75, 3.05) is 4.90 Å². The average Bonchev–Trinajstić information content (AvgIpc) is 3.23. The molecule has 0 radical (unpaired) electrons. The maximum absolute atomic E-state index is 13.5. The highest BCUT2D eigenvalue weighted by Gasteiger charge is 2.24. The first-order chi connectivity index (χ1) is 14.7. The lowest BCUT2D eigenvalue weighted by molar-refractivity contribution is 0.0980. The monoisotopic (exact) mass is 431 g/mol. The van der Waals surface area contributed by atoms with Gasteiger partial charge in [0.2, 0.25) is 0 Å². The zero-order valence-electron chi connectivity index (χ0n) is 15.6. The Morgan fingerprint density at radius 1 is 0.933 bits per heavy atom. The van der Waals surface area contributed by atoms with Crippen LogP contribution in [0.2, 0.25) is 5.02 Å². The molecule has 8 heteroatoms. The Morgan fingerprint density at radius 2 is 1.77 bits per heavy atom. The molecule has 0 aliphatic rings. The molecule has 0 saturated carbocycles. The Balaban J connectivity index is 1.60. The van der Waals surface area contributed by atoms with Crippen molar-refractivity contribution in [2.45, 2.75) is 6.54 Å². The van der Waals surface area contributed by atoms with Crippen molar-refractivity contribution in [3.8, 4) is 0 Å². The minimum atomic E-state index is -0.297. The van der Waals surface area contributed by atoms with Gasteiger partial charge < -0.3 is 0 Å². The van der Waals surface area contributed by atoms with Gasteiger partial charge in [-0.05, 0) is 36.4 Å². The number of pyridine rings is 1. The summed E-state index contributed by atoms with van der Waals surface area (Å²) in [6.07, 6.45) is 3.19. The summed E-state index contributed by atoms with van der Waals surface area (Å²) in [6, 6.07) is 18.6. The number of aromatic nitrogens is 4. The summed E-state index contributed by atoms with van der Waals surface area (Å²) in [5.41, 5.74) is 3.05. The fraction of sp³-hybridized carbons (Fsp3) is 0.0455. The van der Waals surface area contributed by atoms with Gasteiger partial charge in [-0.2, -0.15) is 0 Å². The second-order valence-electron chi connectivity index (χ2n) is 6.54. The minimum Gasteiger partial charge on any atom is -0.276 e. The summed E-state index contributed by atoms with van der Waals surface area (Å²) < 4.78 is 0.904. The maximum atomic E-state index is 13.5. The van der Waals surface area contributed by atoms with E-state index in [0.717, 1.165) is 15.9 Å². The molecule has 6 nitrogen and oxygen atoms in total.